The van der Waals surface area contributed by atoms with Gasteiger partial charge >= 0.3 is 0 Å². The van der Waals surface area contributed by atoms with Crippen LogP contribution in [0.15, 0.2) is 88.7 Å². The summed E-state index contributed by atoms with van der Waals surface area (Å²) in [6.07, 6.45) is 6.34. The maximum atomic E-state index is 4.97. The molecule has 0 bridgehead atoms. The molecule has 0 N–H and O–H groups in total. The molecule has 0 saturated carbocycles. The van der Waals surface area contributed by atoms with Gasteiger partial charge in [-0.1, -0.05) is 42.5 Å². The molecule has 1 heterocycles. The number of hydrogen-bond acceptors (Lipinski definition) is 3. The number of pyridine rings is 1. The maximum Gasteiger partial charge on any atom is 0.0712 e. The minimum absolute atomic E-state index is 0.959. The molecule has 0 atom stereocenters. The van der Waals surface area contributed by atoms with Crippen molar-refractivity contribution in [1.29, 1.82) is 0 Å². The normalized spacial score (nSPS) is 12.3. The fraction of sp³-hybridized carbons (Fsp3) is 0.125. The first kappa shape index (κ1) is 19.5. The highest BCUT2D eigenvalue weighted by Gasteiger charge is 2.10. The van der Waals surface area contributed by atoms with Gasteiger partial charge in [0.15, 0.2) is 0 Å². The zero-order valence-electron chi connectivity index (χ0n) is 15.8. The van der Waals surface area contributed by atoms with E-state index < -0.39 is 0 Å². The summed E-state index contributed by atoms with van der Waals surface area (Å²) >= 11 is 6.14. The van der Waals surface area contributed by atoms with E-state index in [-0.39, 0.29) is 0 Å². The summed E-state index contributed by atoms with van der Waals surface area (Å²) in [6, 6.07) is 23.1. The van der Waals surface area contributed by atoms with Crippen molar-refractivity contribution >= 4 is 35.5 Å². The van der Waals surface area contributed by atoms with E-state index in [1.54, 1.807) is 11.8 Å². The highest BCUT2D eigenvalue weighted by Crippen LogP contribution is 2.28. The van der Waals surface area contributed by atoms with Crippen LogP contribution in [0.5, 0.6) is 0 Å². The number of nitrogens with zero attached hydrogens (tertiary/aromatic N) is 1. The average molecular weight is 390 g/mol. The SMILES string of the molecule is C/C=C(/c1ccc(SC)cc1)c1cccc(/C(=C/C)c2ccc(S)cc2)n1. The first-order valence-corrected chi connectivity index (χ1v) is 10.6. The Bertz CT molecular complexity index is 968. The fourth-order valence-corrected chi connectivity index (χ4v) is 3.63. The van der Waals surface area contributed by atoms with E-state index in [2.05, 4.69) is 99.5 Å². The van der Waals surface area contributed by atoms with Crippen molar-refractivity contribution in [2.45, 2.75) is 23.6 Å². The minimum Gasteiger partial charge on any atom is -0.248 e. The molecule has 0 radical (unpaired) electrons. The Kier molecular flexibility index (Phi) is 6.59. The second-order valence-electron chi connectivity index (χ2n) is 6.09. The fourth-order valence-electron chi connectivity index (χ4n) is 3.07. The molecule has 27 heavy (non-hydrogen) atoms. The van der Waals surface area contributed by atoms with E-state index in [0.29, 0.717) is 0 Å². The van der Waals surface area contributed by atoms with Gasteiger partial charge in [0.05, 0.1) is 11.4 Å². The van der Waals surface area contributed by atoms with Gasteiger partial charge < -0.3 is 0 Å². The van der Waals surface area contributed by atoms with Crippen LogP contribution in [0.1, 0.15) is 36.4 Å². The Balaban J connectivity index is 1.99. The van der Waals surface area contributed by atoms with Gasteiger partial charge in [-0.15, -0.1) is 24.4 Å². The van der Waals surface area contributed by atoms with Crippen molar-refractivity contribution < 1.29 is 0 Å². The summed E-state index contributed by atoms with van der Waals surface area (Å²) in [4.78, 5) is 7.19. The molecule has 0 aliphatic heterocycles. The third-order valence-electron chi connectivity index (χ3n) is 4.46. The van der Waals surface area contributed by atoms with Gasteiger partial charge in [0.1, 0.15) is 0 Å². The molecule has 0 amide bonds. The number of thiol groups is 1. The van der Waals surface area contributed by atoms with Crippen molar-refractivity contribution in [1.82, 2.24) is 4.98 Å². The summed E-state index contributed by atoms with van der Waals surface area (Å²) in [5.74, 6) is 0. The Labute approximate surface area is 171 Å². The molecule has 0 aliphatic rings. The van der Waals surface area contributed by atoms with E-state index in [0.717, 1.165) is 33.0 Å². The molecule has 1 aromatic heterocycles. The number of rotatable bonds is 5. The van der Waals surface area contributed by atoms with E-state index in [4.69, 9.17) is 4.98 Å². The van der Waals surface area contributed by atoms with E-state index >= 15 is 0 Å². The predicted octanol–water partition coefficient (Wildman–Crippen LogP) is 7.00. The molecule has 0 fully saturated rings. The van der Waals surface area contributed by atoms with Crippen LogP contribution >= 0.6 is 24.4 Å². The van der Waals surface area contributed by atoms with E-state index in [1.807, 2.05) is 12.1 Å². The molecule has 0 aliphatic carbocycles. The number of allylic oxidation sites excluding steroid dienone is 2. The van der Waals surface area contributed by atoms with Crippen molar-refractivity contribution in [3.8, 4) is 0 Å². The first-order valence-electron chi connectivity index (χ1n) is 8.90. The third kappa shape index (κ3) is 4.55. The van der Waals surface area contributed by atoms with Crippen LogP contribution in [-0.4, -0.2) is 11.2 Å². The van der Waals surface area contributed by atoms with Crippen molar-refractivity contribution in [2.24, 2.45) is 0 Å². The van der Waals surface area contributed by atoms with Crippen molar-refractivity contribution in [3.63, 3.8) is 0 Å². The molecule has 0 saturated heterocycles. The highest BCUT2D eigenvalue weighted by atomic mass is 32.2. The van der Waals surface area contributed by atoms with Crippen LogP contribution in [0.2, 0.25) is 0 Å². The molecule has 1 nitrogen and oxygen atoms in total. The topological polar surface area (TPSA) is 12.9 Å². The molecular formula is C24H23NS2. The largest absolute Gasteiger partial charge is 0.248 e. The summed E-state index contributed by atoms with van der Waals surface area (Å²) in [7, 11) is 0. The van der Waals surface area contributed by atoms with Gasteiger partial charge in [-0.2, -0.15) is 0 Å². The molecule has 3 heteroatoms. The van der Waals surface area contributed by atoms with Crippen LogP contribution in [0.25, 0.3) is 11.1 Å². The summed E-state index contributed by atoms with van der Waals surface area (Å²) in [5, 5.41) is 0. The second-order valence-corrected chi connectivity index (χ2v) is 7.48. The van der Waals surface area contributed by atoms with Crippen molar-refractivity contribution in [3.05, 3.63) is 101 Å². The van der Waals surface area contributed by atoms with E-state index in [9.17, 15) is 0 Å². The molecule has 136 valence electrons. The van der Waals surface area contributed by atoms with Gasteiger partial charge in [-0.05, 0) is 67.6 Å². The van der Waals surface area contributed by atoms with Crippen LogP contribution in [0, 0.1) is 0 Å². The van der Waals surface area contributed by atoms with Gasteiger partial charge in [0.2, 0.25) is 0 Å². The van der Waals surface area contributed by atoms with Gasteiger partial charge in [0.25, 0.3) is 0 Å². The van der Waals surface area contributed by atoms with Crippen molar-refractivity contribution in [2.75, 3.05) is 6.26 Å². The third-order valence-corrected chi connectivity index (χ3v) is 5.50. The molecule has 0 unspecified atom stereocenters. The first-order chi connectivity index (χ1) is 13.2. The summed E-state index contributed by atoms with van der Waals surface area (Å²) < 4.78 is 0. The number of benzene rings is 2. The van der Waals surface area contributed by atoms with Gasteiger partial charge in [0, 0.05) is 20.9 Å². The highest BCUT2D eigenvalue weighted by molar-refractivity contribution is 7.98. The molecule has 3 rings (SSSR count). The van der Waals surface area contributed by atoms with Crippen LogP contribution in [-0.2, 0) is 0 Å². The van der Waals surface area contributed by atoms with Crippen LogP contribution in [0.3, 0.4) is 0 Å². The molecule has 3 aromatic rings. The number of thioether (sulfide) groups is 1. The predicted molar refractivity (Wildman–Crippen MR) is 122 cm³/mol. The lowest BCUT2D eigenvalue weighted by Crippen LogP contribution is -1.97. The minimum atomic E-state index is 0.959. The maximum absolute atomic E-state index is 4.97. The van der Waals surface area contributed by atoms with Crippen LogP contribution in [0.4, 0.5) is 0 Å². The van der Waals surface area contributed by atoms with E-state index in [1.165, 1.54) is 10.5 Å². The summed E-state index contributed by atoms with van der Waals surface area (Å²) in [5.41, 5.74) is 6.55. The molecule has 0 spiro atoms. The Morgan fingerprint density at radius 3 is 1.70 bits per heavy atom. The molecular weight excluding hydrogens is 366 g/mol. The lowest BCUT2D eigenvalue weighted by Gasteiger charge is -2.12. The summed E-state index contributed by atoms with van der Waals surface area (Å²) in [6.45, 7) is 4.12. The second kappa shape index (κ2) is 9.12. The van der Waals surface area contributed by atoms with Gasteiger partial charge in [-0.3, -0.25) is 0 Å². The quantitative estimate of drug-likeness (QED) is 0.373. The smallest absolute Gasteiger partial charge is 0.0712 e. The number of hydrogen-bond donors (Lipinski definition) is 1. The lowest BCUT2D eigenvalue weighted by molar-refractivity contribution is 1.22. The van der Waals surface area contributed by atoms with Gasteiger partial charge in [-0.25, -0.2) is 4.98 Å². The Morgan fingerprint density at radius 2 is 1.26 bits per heavy atom. The lowest BCUT2D eigenvalue weighted by atomic mass is 9.99. The standard InChI is InChI=1S/C24H23NS2/c1-4-21(17-9-13-19(26)14-10-17)23-7-6-8-24(25-23)22(5-2)18-11-15-20(27-3)16-12-18/h4-16,26H,1-3H3/b21-4+,22-5-. The molecule has 2 aromatic carbocycles. The van der Waals surface area contributed by atoms with Crippen LogP contribution < -0.4 is 0 Å². The number of aromatic nitrogens is 1. The Morgan fingerprint density at radius 1 is 0.778 bits per heavy atom. The Hall–Kier alpha value is -2.23. The monoisotopic (exact) mass is 389 g/mol. The zero-order valence-corrected chi connectivity index (χ0v) is 17.5. The zero-order chi connectivity index (χ0) is 19.2. The average Bonchev–Trinajstić information content (AvgIpc) is 2.71.